The van der Waals surface area contributed by atoms with Crippen LogP contribution in [0.3, 0.4) is 0 Å². The lowest BCUT2D eigenvalue weighted by atomic mass is 10.2. The summed E-state index contributed by atoms with van der Waals surface area (Å²) in [7, 11) is 0. The Balaban J connectivity index is 1.39. The molecule has 2 aromatic carbocycles. The molecule has 7 nitrogen and oxygen atoms in total. The number of aromatic amines is 2. The van der Waals surface area contributed by atoms with Crippen LogP contribution in [0.2, 0.25) is 0 Å². The number of esters is 1. The van der Waals surface area contributed by atoms with Crippen LogP contribution >= 0.6 is 11.3 Å². The number of hydrogen-bond donors (Lipinski definition) is 2. The highest BCUT2D eigenvalue weighted by atomic mass is 32.1. The second kappa shape index (κ2) is 7.73. The van der Waals surface area contributed by atoms with Crippen LogP contribution in [0.5, 0.6) is 0 Å². The Morgan fingerprint density at radius 2 is 1.74 bits per heavy atom. The number of aromatic nitrogens is 3. The fraction of sp³-hybridized carbons (Fsp3) is 0.0870. The van der Waals surface area contributed by atoms with Gasteiger partial charge in [-0.1, -0.05) is 48.5 Å². The maximum Gasteiger partial charge on any atom is 0.348 e. The van der Waals surface area contributed by atoms with E-state index in [1.807, 2.05) is 60.7 Å². The summed E-state index contributed by atoms with van der Waals surface area (Å²) >= 11 is 1.04. The Morgan fingerprint density at radius 3 is 2.55 bits per heavy atom. The summed E-state index contributed by atoms with van der Waals surface area (Å²) in [5.74, 6) is -0.547. The number of H-pyrrole nitrogens is 2. The first-order valence-corrected chi connectivity index (χ1v) is 10.4. The van der Waals surface area contributed by atoms with Gasteiger partial charge in [0.15, 0.2) is 0 Å². The van der Waals surface area contributed by atoms with E-state index in [0.29, 0.717) is 4.83 Å². The van der Waals surface area contributed by atoms with Crippen molar-refractivity contribution in [2.45, 2.75) is 13.2 Å². The first-order chi connectivity index (χ1) is 15.1. The van der Waals surface area contributed by atoms with Gasteiger partial charge in [0.05, 0.1) is 17.6 Å². The lowest BCUT2D eigenvalue weighted by molar-refractivity contribution is 0.0474. The first kappa shape index (κ1) is 19.1. The summed E-state index contributed by atoms with van der Waals surface area (Å²) in [6, 6.07) is 20.4. The van der Waals surface area contributed by atoms with Gasteiger partial charge in [-0.3, -0.25) is 14.3 Å². The predicted molar refractivity (Wildman–Crippen MR) is 120 cm³/mol. The molecule has 0 saturated heterocycles. The number of carbonyl (C=O) groups excluding carboxylic acids is 1. The van der Waals surface area contributed by atoms with Crippen molar-refractivity contribution in [3.8, 4) is 0 Å². The average Bonchev–Trinajstić information content (AvgIpc) is 3.39. The van der Waals surface area contributed by atoms with E-state index in [-0.39, 0.29) is 23.4 Å². The van der Waals surface area contributed by atoms with Crippen LogP contribution in [-0.4, -0.2) is 20.5 Å². The fourth-order valence-corrected chi connectivity index (χ4v) is 4.41. The molecule has 3 heterocycles. The summed E-state index contributed by atoms with van der Waals surface area (Å²) in [6.07, 6.45) is 0. The number of ether oxygens (including phenoxy) is 1. The van der Waals surface area contributed by atoms with E-state index in [2.05, 4.69) is 9.97 Å². The van der Waals surface area contributed by atoms with Gasteiger partial charge in [0.2, 0.25) is 0 Å². The number of fused-ring (bicyclic) bond motifs is 2. The third kappa shape index (κ3) is 3.69. The SMILES string of the molecule is O=C(OCc1cc2ccccc2[nH]1)c1cc2c(=O)n(Cc3ccccc3)c(=O)[nH]c2s1. The van der Waals surface area contributed by atoms with E-state index in [4.69, 9.17) is 4.74 Å². The topological polar surface area (TPSA) is 96.9 Å². The Morgan fingerprint density at radius 1 is 0.968 bits per heavy atom. The second-order valence-corrected chi connectivity index (χ2v) is 8.17. The maximum absolute atomic E-state index is 12.9. The molecule has 0 radical (unpaired) electrons. The quantitative estimate of drug-likeness (QED) is 0.415. The van der Waals surface area contributed by atoms with Crippen LogP contribution in [-0.2, 0) is 17.9 Å². The Hall–Kier alpha value is -3.91. The number of thiophene rings is 1. The molecule has 0 saturated carbocycles. The second-order valence-electron chi connectivity index (χ2n) is 7.12. The lowest BCUT2D eigenvalue weighted by Gasteiger charge is -2.04. The molecule has 0 aliphatic heterocycles. The molecule has 5 rings (SSSR count). The van der Waals surface area contributed by atoms with Crippen LogP contribution < -0.4 is 11.2 Å². The molecule has 31 heavy (non-hydrogen) atoms. The minimum Gasteiger partial charge on any atom is -0.455 e. The molecule has 154 valence electrons. The van der Waals surface area contributed by atoms with E-state index < -0.39 is 17.2 Å². The molecular weight excluding hydrogens is 414 g/mol. The molecule has 3 aromatic heterocycles. The molecule has 8 heteroatoms. The molecule has 5 aromatic rings. The maximum atomic E-state index is 12.9. The van der Waals surface area contributed by atoms with Gasteiger partial charge in [-0.15, -0.1) is 11.3 Å². The minimum atomic E-state index is -0.547. The van der Waals surface area contributed by atoms with Crippen molar-refractivity contribution in [3.05, 3.63) is 104 Å². The lowest BCUT2D eigenvalue weighted by Crippen LogP contribution is -2.34. The molecule has 2 N–H and O–H groups in total. The van der Waals surface area contributed by atoms with Crippen LogP contribution in [0.25, 0.3) is 21.1 Å². The van der Waals surface area contributed by atoms with Gasteiger partial charge >= 0.3 is 11.7 Å². The molecule has 0 aliphatic rings. The summed E-state index contributed by atoms with van der Waals surface area (Å²) in [6.45, 7) is 0.234. The van der Waals surface area contributed by atoms with Crippen molar-refractivity contribution in [1.29, 1.82) is 0 Å². The van der Waals surface area contributed by atoms with Gasteiger partial charge in [0.1, 0.15) is 16.3 Å². The van der Waals surface area contributed by atoms with Crippen molar-refractivity contribution in [2.24, 2.45) is 0 Å². The zero-order chi connectivity index (χ0) is 21.4. The van der Waals surface area contributed by atoms with Crippen LogP contribution in [0.15, 0.2) is 76.3 Å². The van der Waals surface area contributed by atoms with Crippen molar-refractivity contribution in [2.75, 3.05) is 0 Å². The highest BCUT2D eigenvalue weighted by Crippen LogP contribution is 2.22. The summed E-state index contributed by atoms with van der Waals surface area (Å²) in [5.41, 5.74) is 1.62. The van der Waals surface area contributed by atoms with E-state index in [0.717, 1.165) is 38.1 Å². The van der Waals surface area contributed by atoms with Gasteiger partial charge in [0.25, 0.3) is 5.56 Å². The van der Waals surface area contributed by atoms with Gasteiger partial charge in [0, 0.05) is 5.52 Å². The summed E-state index contributed by atoms with van der Waals surface area (Å²) in [5, 5.41) is 1.32. The zero-order valence-corrected chi connectivity index (χ0v) is 17.1. The Labute approximate surface area is 179 Å². The summed E-state index contributed by atoms with van der Waals surface area (Å²) in [4.78, 5) is 44.4. The van der Waals surface area contributed by atoms with E-state index in [9.17, 15) is 14.4 Å². The number of rotatable bonds is 5. The van der Waals surface area contributed by atoms with Crippen molar-refractivity contribution >= 4 is 38.4 Å². The largest absolute Gasteiger partial charge is 0.455 e. The number of carbonyl (C=O) groups is 1. The smallest absolute Gasteiger partial charge is 0.348 e. The number of para-hydroxylation sites is 1. The molecule has 0 amide bonds. The molecule has 0 aliphatic carbocycles. The number of nitrogens with one attached hydrogen (secondary N) is 2. The first-order valence-electron chi connectivity index (χ1n) is 9.63. The van der Waals surface area contributed by atoms with Crippen molar-refractivity contribution in [1.82, 2.24) is 14.5 Å². The minimum absolute atomic E-state index is 0.0799. The number of benzene rings is 2. The van der Waals surface area contributed by atoms with Crippen molar-refractivity contribution < 1.29 is 9.53 Å². The van der Waals surface area contributed by atoms with E-state index >= 15 is 0 Å². The number of nitrogens with zero attached hydrogens (tertiary/aromatic N) is 1. The highest BCUT2D eigenvalue weighted by Gasteiger charge is 2.17. The normalized spacial score (nSPS) is 11.2. The van der Waals surface area contributed by atoms with E-state index in [1.165, 1.54) is 6.07 Å². The van der Waals surface area contributed by atoms with Gasteiger partial charge in [-0.25, -0.2) is 9.59 Å². The molecule has 0 fully saturated rings. The predicted octanol–water partition coefficient (Wildman–Crippen LogP) is 3.64. The van der Waals surface area contributed by atoms with Gasteiger partial charge in [-0.2, -0.15) is 0 Å². The van der Waals surface area contributed by atoms with Crippen molar-refractivity contribution in [3.63, 3.8) is 0 Å². The zero-order valence-electron chi connectivity index (χ0n) is 16.3. The highest BCUT2D eigenvalue weighted by molar-refractivity contribution is 7.20. The van der Waals surface area contributed by atoms with Gasteiger partial charge < -0.3 is 9.72 Å². The summed E-state index contributed by atoms with van der Waals surface area (Å²) < 4.78 is 6.54. The molecular formula is C23H17N3O4S. The standard InChI is InChI=1S/C23H17N3O4S/c27-21-17-11-19(22(28)30-13-16-10-15-8-4-5-9-18(15)24-16)31-20(17)25-23(29)26(21)12-14-6-2-1-3-7-14/h1-11,24H,12-13H2,(H,25,29). The average molecular weight is 431 g/mol. The van der Waals surface area contributed by atoms with Gasteiger partial charge in [-0.05, 0) is 29.1 Å². The monoisotopic (exact) mass is 431 g/mol. The fourth-order valence-electron chi connectivity index (χ4n) is 3.48. The molecule has 0 unspecified atom stereocenters. The van der Waals surface area contributed by atoms with Crippen LogP contribution in [0.4, 0.5) is 0 Å². The molecule has 0 bridgehead atoms. The Bertz CT molecular complexity index is 1490. The number of hydrogen-bond acceptors (Lipinski definition) is 5. The molecule has 0 spiro atoms. The van der Waals surface area contributed by atoms with Crippen LogP contribution in [0, 0.1) is 0 Å². The van der Waals surface area contributed by atoms with E-state index in [1.54, 1.807) is 0 Å². The third-order valence-electron chi connectivity index (χ3n) is 5.00. The Kier molecular flexibility index (Phi) is 4.76. The third-order valence-corrected chi connectivity index (χ3v) is 6.03. The molecule has 0 atom stereocenters. The van der Waals surface area contributed by atoms with Crippen LogP contribution in [0.1, 0.15) is 20.9 Å².